The smallest absolute Gasteiger partial charge is 0.282 e. The first kappa shape index (κ1) is 12.7. The molecule has 0 saturated heterocycles. The Morgan fingerprint density at radius 3 is 1.71 bits per heavy atom. The van der Waals surface area contributed by atoms with E-state index >= 15 is 0 Å². The van der Waals surface area contributed by atoms with Crippen LogP contribution in [-0.4, -0.2) is 18.2 Å². The van der Waals surface area contributed by atoms with Crippen LogP contribution >= 0.6 is 0 Å². The Bertz CT molecular complexity index is 251. The van der Waals surface area contributed by atoms with E-state index in [1.54, 1.807) is 0 Å². The van der Waals surface area contributed by atoms with Crippen LogP contribution in [0.5, 0.6) is 0 Å². The topological polar surface area (TPSA) is 47.6 Å². The molecule has 1 heterocycles. The second-order valence-corrected chi connectivity index (χ2v) is 5.62. The molecule has 3 heteroatoms. The Kier molecular flexibility index (Phi) is 4.69. The van der Waals surface area contributed by atoms with Crippen LogP contribution < -0.4 is 5.73 Å². The number of ether oxygens (including phenoxy) is 1. The number of hydrogen-bond donors (Lipinski definition) is 1. The van der Waals surface area contributed by atoms with Crippen LogP contribution in [-0.2, 0) is 4.74 Å². The summed E-state index contributed by atoms with van der Waals surface area (Å²) in [6.07, 6.45) is 14.5. The Labute approximate surface area is 105 Å². The molecule has 2 rings (SSSR count). The van der Waals surface area contributed by atoms with Crippen molar-refractivity contribution in [1.82, 2.24) is 0 Å². The van der Waals surface area contributed by atoms with Gasteiger partial charge in [0.25, 0.3) is 6.02 Å². The van der Waals surface area contributed by atoms with Crippen molar-refractivity contribution >= 4 is 6.02 Å². The van der Waals surface area contributed by atoms with Crippen molar-refractivity contribution in [3.05, 3.63) is 0 Å². The van der Waals surface area contributed by atoms with Crippen LogP contribution in [0.4, 0.5) is 0 Å². The maximum absolute atomic E-state index is 5.82. The van der Waals surface area contributed by atoms with E-state index in [4.69, 9.17) is 10.5 Å². The Morgan fingerprint density at radius 2 is 1.29 bits per heavy atom. The molecule has 1 saturated carbocycles. The molecule has 1 aliphatic heterocycles. The van der Waals surface area contributed by atoms with Gasteiger partial charge in [-0.3, -0.25) is 0 Å². The molecule has 0 atom stereocenters. The lowest BCUT2D eigenvalue weighted by Crippen LogP contribution is -2.35. The van der Waals surface area contributed by atoms with Crippen LogP contribution in [0.1, 0.15) is 70.6 Å². The summed E-state index contributed by atoms with van der Waals surface area (Å²) < 4.78 is 5.82. The molecule has 3 nitrogen and oxygen atoms in total. The van der Waals surface area contributed by atoms with Gasteiger partial charge in [-0.05, 0) is 25.7 Å². The van der Waals surface area contributed by atoms with Gasteiger partial charge < -0.3 is 10.5 Å². The second-order valence-electron chi connectivity index (χ2n) is 5.62. The fraction of sp³-hybridized carbons (Fsp3) is 0.929. The molecule has 1 fully saturated rings. The summed E-state index contributed by atoms with van der Waals surface area (Å²) in [4.78, 5) is 4.25. The molecule has 2 aliphatic rings. The maximum atomic E-state index is 5.82. The summed E-state index contributed by atoms with van der Waals surface area (Å²) in [6.45, 7) is 0.791. The minimum absolute atomic E-state index is 0.0384. The van der Waals surface area contributed by atoms with Crippen LogP contribution in [0.3, 0.4) is 0 Å². The lowest BCUT2D eigenvalue weighted by molar-refractivity contribution is 0.0601. The van der Waals surface area contributed by atoms with Gasteiger partial charge in [0.15, 0.2) is 0 Å². The second kappa shape index (κ2) is 6.27. The molecule has 0 aromatic carbocycles. The minimum atomic E-state index is -0.0384. The highest BCUT2D eigenvalue weighted by Gasteiger charge is 2.36. The Hall–Kier alpha value is -0.730. The third-order valence-electron chi connectivity index (χ3n) is 4.11. The standard InChI is InChI=1S/C14H26N2O/c15-13-16-12-14(17-13)10-8-6-4-2-1-3-5-7-9-11-14/h1-12H2,(H2,15,16). The molecule has 1 spiro atoms. The lowest BCUT2D eigenvalue weighted by Gasteiger charge is -2.28. The quantitative estimate of drug-likeness (QED) is 0.703. The van der Waals surface area contributed by atoms with Crippen LogP contribution in [0.2, 0.25) is 0 Å². The van der Waals surface area contributed by atoms with Crippen molar-refractivity contribution in [3.63, 3.8) is 0 Å². The first-order chi connectivity index (χ1) is 8.31. The molecule has 1 aliphatic carbocycles. The molecule has 0 aromatic heterocycles. The first-order valence-corrected chi connectivity index (χ1v) is 7.30. The van der Waals surface area contributed by atoms with Crippen molar-refractivity contribution in [2.24, 2.45) is 10.7 Å². The molecule has 0 amide bonds. The summed E-state index contributed by atoms with van der Waals surface area (Å²) in [7, 11) is 0. The summed E-state index contributed by atoms with van der Waals surface area (Å²) in [5.41, 5.74) is 5.65. The van der Waals surface area contributed by atoms with Gasteiger partial charge in [0.2, 0.25) is 0 Å². The van der Waals surface area contributed by atoms with E-state index in [0.717, 1.165) is 19.4 Å². The average molecular weight is 238 g/mol. The van der Waals surface area contributed by atoms with Crippen LogP contribution in [0, 0.1) is 0 Å². The summed E-state index contributed by atoms with van der Waals surface area (Å²) >= 11 is 0. The highest BCUT2D eigenvalue weighted by molar-refractivity contribution is 5.73. The molecule has 0 radical (unpaired) electrons. The van der Waals surface area contributed by atoms with E-state index in [1.165, 1.54) is 57.8 Å². The van der Waals surface area contributed by atoms with Gasteiger partial charge in [0.1, 0.15) is 5.60 Å². The molecule has 2 N–H and O–H groups in total. The summed E-state index contributed by atoms with van der Waals surface area (Å²) in [5, 5.41) is 0. The lowest BCUT2D eigenvalue weighted by atomic mass is 9.89. The molecule has 98 valence electrons. The Morgan fingerprint density at radius 1 is 0.824 bits per heavy atom. The first-order valence-electron chi connectivity index (χ1n) is 7.30. The molecule has 0 bridgehead atoms. The number of rotatable bonds is 0. The van der Waals surface area contributed by atoms with Crippen LogP contribution in [0.25, 0.3) is 0 Å². The average Bonchev–Trinajstić information content (AvgIpc) is 2.66. The van der Waals surface area contributed by atoms with Crippen molar-refractivity contribution < 1.29 is 4.74 Å². The van der Waals surface area contributed by atoms with E-state index in [-0.39, 0.29) is 5.60 Å². The maximum Gasteiger partial charge on any atom is 0.282 e. The molecular weight excluding hydrogens is 212 g/mol. The van der Waals surface area contributed by atoms with Crippen LogP contribution in [0.15, 0.2) is 4.99 Å². The minimum Gasteiger partial charge on any atom is -0.457 e. The van der Waals surface area contributed by atoms with E-state index < -0.39 is 0 Å². The number of aliphatic imine (C=N–C) groups is 1. The fourth-order valence-corrected chi connectivity index (χ4v) is 3.03. The normalized spacial score (nSPS) is 26.7. The zero-order chi connectivity index (χ0) is 12.0. The number of hydrogen-bond acceptors (Lipinski definition) is 3. The van der Waals surface area contributed by atoms with Gasteiger partial charge >= 0.3 is 0 Å². The number of nitrogens with two attached hydrogens (primary N) is 1. The molecular formula is C14H26N2O. The molecule has 0 aromatic rings. The van der Waals surface area contributed by atoms with Gasteiger partial charge in [-0.2, -0.15) is 0 Å². The van der Waals surface area contributed by atoms with E-state index in [2.05, 4.69) is 4.99 Å². The van der Waals surface area contributed by atoms with Gasteiger partial charge in [-0.1, -0.05) is 44.9 Å². The SMILES string of the molecule is NC1=NCC2(CCCCCCCCCCC2)O1. The fourth-order valence-electron chi connectivity index (χ4n) is 3.03. The summed E-state index contributed by atoms with van der Waals surface area (Å²) in [5.74, 6) is 0. The van der Waals surface area contributed by atoms with Crippen molar-refractivity contribution in [2.45, 2.75) is 76.2 Å². The van der Waals surface area contributed by atoms with E-state index in [9.17, 15) is 0 Å². The van der Waals surface area contributed by atoms with Gasteiger partial charge in [-0.15, -0.1) is 0 Å². The van der Waals surface area contributed by atoms with Crippen molar-refractivity contribution in [3.8, 4) is 0 Å². The predicted octanol–water partition coefficient (Wildman–Crippen LogP) is 3.37. The third kappa shape index (κ3) is 3.90. The number of amidine groups is 1. The van der Waals surface area contributed by atoms with Gasteiger partial charge in [-0.25, -0.2) is 4.99 Å². The highest BCUT2D eigenvalue weighted by Crippen LogP contribution is 2.31. The van der Waals surface area contributed by atoms with E-state index in [1.807, 2.05) is 0 Å². The summed E-state index contributed by atoms with van der Waals surface area (Å²) in [6, 6.07) is 0.414. The zero-order valence-electron chi connectivity index (χ0n) is 10.9. The molecule has 0 unspecified atom stereocenters. The third-order valence-corrected chi connectivity index (χ3v) is 4.11. The van der Waals surface area contributed by atoms with Gasteiger partial charge in [0.05, 0.1) is 6.54 Å². The molecule has 17 heavy (non-hydrogen) atoms. The Balaban J connectivity index is 1.85. The van der Waals surface area contributed by atoms with Crippen molar-refractivity contribution in [1.29, 1.82) is 0 Å². The van der Waals surface area contributed by atoms with Gasteiger partial charge in [0, 0.05) is 0 Å². The predicted molar refractivity (Wildman–Crippen MR) is 71.1 cm³/mol. The largest absolute Gasteiger partial charge is 0.457 e. The van der Waals surface area contributed by atoms with Crippen molar-refractivity contribution in [2.75, 3.05) is 6.54 Å². The van der Waals surface area contributed by atoms with E-state index in [0.29, 0.717) is 6.02 Å². The monoisotopic (exact) mass is 238 g/mol. The number of nitrogens with zero attached hydrogens (tertiary/aromatic N) is 1. The highest BCUT2D eigenvalue weighted by atomic mass is 16.5. The zero-order valence-corrected chi connectivity index (χ0v) is 10.9.